The van der Waals surface area contributed by atoms with Crippen LogP contribution in [0.2, 0.25) is 0 Å². The van der Waals surface area contributed by atoms with E-state index in [2.05, 4.69) is 12.2 Å². The first-order valence-corrected chi connectivity index (χ1v) is 8.97. The summed E-state index contributed by atoms with van der Waals surface area (Å²) in [5.41, 5.74) is 1.09. The molecule has 3 rings (SSSR count). The Kier molecular flexibility index (Phi) is 4.94. The third-order valence-electron chi connectivity index (χ3n) is 4.67. The molecule has 2 heterocycles. The Morgan fingerprint density at radius 3 is 2.95 bits per heavy atom. The maximum absolute atomic E-state index is 5.91. The molecule has 5 heteroatoms. The van der Waals surface area contributed by atoms with E-state index in [0.29, 0.717) is 6.04 Å². The zero-order chi connectivity index (χ0) is 14.7. The van der Waals surface area contributed by atoms with Crippen molar-refractivity contribution in [2.75, 3.05) is 26.9 Å². The van der Waals surface area contributed by atoms with Gasteiger partial charge in [-0.1, -0.05) is 6.92 Å². The summed E-state index contributed by atoms with van der Waals surface area (Å²) in [7, 11) is 1.82. The molecule has 0 spiro atoms. The van der Waals surface area contributed by atoms with Gasteiger partial charge < -0.3 is 14.8 Å². The van der Waals surface area contributed by atoms with E-state index >= 15 is 0 Å². The molecule has 1 atom stereocenters. The molecule has 0 amide bonds. The normalized spacial score (nSPS) is 24.8. The van der Waals surface area contributed by atoms with Gasteiger partial charge in [0, 0.05) is 44.1 Å². The minimum Gasteiger partial charge on any atom is -0.381 e. The van der Waals surface area contributed by atoms with E-state index in [9.17, 15) is 0 Å². The molecule has 118 valence electrons. The highest BCUT2D eigenvalue weighted by Crippen LogP contribution is 2.42. The predicted octanol–water partition coefficient (Wildman–Crippen LogP) is 3.17. The third kappa shape index (κ3) is 3.02. The highest BCUT2D eigenvalue weighted by molar-refractivity contribution is 7.12. The molecule has 1 aromatic rings. The molecule has 1 aliphatic heterocycles. The standard InChI is InChI=1S/C16H26N2O2S/c1-3-9-17-12-5-4-6-13-14(12)21-15(18-13)16(19-2)7-10-20-11-8-16/h12,17H,3-11H2,1-2H3. The average molecular weight is 310 g/mol. The highest BCUT2D eigenvalue weighted by Gasteiger charge is 2.39. The number of nitrogens with zero attached hydrogens (tertiary/aromatic N) is 1. The second-order valence-electron chi connectivity index (χ2n) is 6.04. The van der Waals surface area contributed by atoms with Crippen LogP contribution in [0, 0.1) is 0 Å². The van der Waals surface area contributed by atoms with Gasteiger partial charge in [0.05, 0.1) is 5.69 Å². The number of hydrogen-bond donors (Lipinski definition) is 1. The van der Waals surface area contributed by atoms with Crippen LogP contribution in [-0.4, -0.2) is 31.9 Å². The van der Waals surface area contributed by atoms with Gasteiger partial charge in [-0.25, -0.2) is 4.98 Å². The van der Waals surface area contributed by atoms with E-state index < -0.39 is 0 Å². The van der Waals surface area contributed by atoms with Crippen molar-refractivity contribution in [2.45, 2.75) is 57.1 Å². The van der Waals surface area contributed by atoms with Crippen molar-refractivity contribution in [1.82, 2.24) is 10.3 Å². The molecule has 1 aliphatic carbocycles. The van der Waals surface area contributed by atoms with Gasteiger partial charge in [-0.2, -0.15) is 0 Å². The van der Waals surface area contributed by atoms with Crippen molar-refractivity contribution in [1.29, 1.82) is 0 Å². The van der Waals surface area contributed by atoms with E-state index in [1.165, 1.54) is 34.8 Å². The van der Waals surface area contributed by atoms with Gasteiger partial charge in [0.15, 0.2) is 0 Å². The summed E-state index contributed by atoms with van der Waals surface area (Å²) < 4.78 is 11.4. The Morgan fingerprint density at radius 2 is 2.24 bits per heavy atom. The van der Waals surface area contributed by atoms with Crippen LogP contribution in [0.15, 0.2) is 0 Å². The van der Waals surface area contributed by atoms with Gasteiger partial charge in [-0.15, -0.1) is 11.3 Å². The van der Waals surface area contributed by atoms with Crippen LogP contribution >= 0.6 is 11.3 Å². The summed E-state index contributed by atoms with van der Waals surface area (Å²) in [6.45, 7) is 4.85. The first-order valence-electron chi connectivity index (χ1n) is 8.15. The number of aryl methyl sites for hydroxylation is 1. The van der Waals surface area contributed by atoms with Crippen LogP contribution in [-0.2, 0) is 21.5 Å². The van der Waals surface area contributed by atoms with E-state index in [1.54, 1.807) is 0 Å². The zero-order valence-electron chi connectivity index (χ0n) is 13.1. The molecule has 1 saturated heterocycles. The van der Waals surface area contributed by atoms with Crippen LogP contribution in [0.25, 0.3) is 0 Å². The highest BCUT2D eigenvalue weighted by atomic mass is 32.1. The molecule has 0 radical (unpaired) electrons. The van der Waals surface area contributed by atoms with Crippen molar-refractivity contribution in [3.63, 3.8) is 0 Å². The van der Waals surface area contributed by atoms with E-state index in [0.717, 1.165) is 39.0 Å². The summed E-state index contributed by atoms with van der Waals surface area (Å²) in [6.07, 6.45) is 6.60. The SMILES string of the molecule is CCCNC1CCCc2nc(C3(OC)CCOCC3)sc21. The van der Waals surface area contributed by atoms with Gasteiger partial charge in [0.25, 0.3) is 0 Å². The number of aromatic nitrogens is 1. The summed E-state index contributed by atoms with van der Waals surface area (Å²) in [6, 6.07) is 0.494. The summed E-state index contributed by atoms with van der Waals surface area (Å²) in [5, 5.41) is 4.85. The maximum Gasteiger partial charge on any atom is 0.125 e. The Labute approximate surface area is 131 Å². The third-order valence-corrected chi connectivity index (χ3v) is 6.07. The maximum atomic E-state index is 5.91. The number of ether oxygens (including phenoxy) is 2. The van der Waals surface area contributed by atoms with Crippen LogP contribution in [0.4, 0.5) is 0 Å². The number of hydrogen-bond acceptors (Lipinski definition) is 5. The number of fused-ring (bicyclic) bond motifs is 1. The molecular formula is C16H26N2O2S. The first-order chi connectivity index (χ1) is 10.3. The fraction of sp³-hybridized carbons (Fsp3) is 0.812. The van der Waals surface area contributed by atoms with Crippen LogP contribution < -0.4 is 5.32 Å². The molecular weight excluding hydrogens is 284 g/mol. The van der Waals surface area contributed by atoms with Crippen molar-refractivity contribution in [3.8, 4) is 0 Å². The molecule has 0 bridgehead atoms. The van der Waals surface area contributed by atoms with Gasteiger partial charge in [0.1, 0.15) is 10.6 Å². The molecule has 0 aromatic carbocycles. The van der Waals surface area contributed by atoms with Crippen LogP contribution in [0.1, 0.15) is 60.6 Å². The predicted molar refractivity (Wildman–Crippen MR) is 84.8 cm³/mol. The minimum atomic E-state index is -0.213. The topological polar surface area (TPSA) is 43.4 Å². The molecule has 4 nitrogen and oxygen atoms in total. The minimum absolute atomic E-state index is 0.213. The molecule has 1 N–H and O–H groups in total. The number of methoxy groups -OCH3 is 1. The molecule has 1 unspecified atom stereocenters. The second kappa shape index (κ2) is 6.73. The number of rotatable bonds is 5. The summed E-state index contributed by atoms with van der Waals surface area (Å²) in [5.74, 6) is 0. The summed E-state index contributed by atoms with van der Waals surface area (Å²) in [4.78, 5) is 6.43. The van der Waals surface area contributed by atoms with E-state index in [-0.39, 0.29) is 5.60 Å². The lowest BCUT2D eigenvalue weighted by atomic mass is 9.94. The Balaban J connectivity index is 1.86. The summed E-state index contributed by atoms with van der Waals surface area (Å²) >= 11 is 1.87. The van der Waals surface area contributed by atoms with Crippen molar-refractivity contribution in [2.24, 2.45) is 0 Å². The lowest BCUT2D eigenvalue weighted by Gasteiger charge is -2.33. The fourth-order valence-corrected chi connectivity index (χ4v) is 4.78. The second-order valence-corrected chi connectivity index (χ2v) is 7.07. The van der Waals surface area contributed by atoms with Crippen molar-refractivity contribution < 1.29 is 9.47 Å². The van der Waals surface area contributed by atoms with Gasteiger partial charge in [0.2, 0.25) is 0 Å². The first kappa shape index (κ1) is 15.4. The lowest BCUT2D eigenvalue weighted by Crippen LogP contribution is -2.35. The smallest absolute Gasteiger partial charge is 0.125 e. The molecule has 2 aliphatic rings. The van der Waals surface area contributed by atoms with Gasteiger partial charge in [-0.3, -0.25) is 0 Å². The zero-order valence-corrected chi connectivity index (χ0v) is 13.9. The fourth-order valence-electron chi connectivity index (χ4n) is 3.33. The number of thiazole rings is 1. The van der Waals surface area contributed by atoms with E-state index in [1.807, 2.05) is 18.4 Å². The largest absolute Gasteiger partial charge is 0.381 e. The Bertz CT molecular complexity index is 469. The molecule has 0 saturated carbocycles. The Morgan fingerprint density at radius 1 is 1.43 bits per heavy atom. The van der Waals surface area contributed by atoms with Gasteiger partial charge >= 0.3 is 0 Å². The number of nitrogens with one attached hydrogen (secondary N) is 1. The lowest BCUT2D eigenvalue weighted by molar-refractivity contribution is -0.0948. The van der Waals surface area contributed by atoms with E-state index in [4.69, 9.17) is 14.5 Å². The van der Waals surface area contributed by atoms with Crippen LogP contribution in [0.3, 0.4) is 0 Å². The Hall–Kier alpha value is -0.490. The molecule has 21 heavy (non-hydrogen) atoms. The monoisotopic (exact) mass is 310 g/mol. The van der Waals surface area contributed by atoms with Crippen molar-refractivity contribution in [3.05, 3.63) is 15.6 Å². The average Bonchev–Trinajstić information content (AvgIpc) is 2.99. The molecule has 1 fully saturated rings. The molecule has 1 aromatic heterocycles. The quantitative estimate of drug-likeness (QED) is 0.907. The van der Waals surface area contributed by atoms with Crippen LogP contribution in [0.5, 0.6) is 0 Å². The van der Waals surface area contributed by atoms with Crippen molar-refractivity contribution >= 4 is 11.3 Å². The van der Waals surface area contributed by atoms with Gasteiger partial charge in [-0.05, 0) is 32.2 Å².